The fraction of sp³-hybridized carbons (Fsp3) is 0.118. The maximum atomic E-state index is 14.5. The Labute approximate surface area is 247 Å². The van der Waals surface area contributed by atoms with E-state index in [1.54, 1.807) is 48.5 Å². The smallest absolute Gasteiger partial charge is 0.427 e. The van der Waals surface area contributed by atoms with Gasteiger partial charge in [-0.2, -0.15) is 13.2 Å². The number of benzene rings is 5. The lowest BCUT2D eigenvalue weighted by atomic mass is 9.80. The van der Waals surface area contributed by atoms with E-state index >= 15 is 0 Å². The van der Waals surface area contributed by atoms with Crippen molar-refractivity contribution in [2.75, 3.05) is 6.61 Å². The van der Waals surface area contributed by atoms with E-state index in [0.29, 0.717) is 16.7 Å². The standard InChI is InChI=1S/C34H25F3O5S/c35-34(36,37)32(41-27-20-21-31-29(22-27)42-28-18-10-11-19-30(28)43(31,38)39)23-40-33(24-12-4-1-5-13-24,25-14-6-2-7-15-25)26-16-8-3-9-17-26/h1-22,32H,23H2. The maximum absolute atomic E-state index is 14.5. The second-order valence-electron chi connectivity index (χ2n) is 9.90. The van der Waals surface area contributed by atoms with Crippen LogP contribution in [0.25, 0.3) is 0 Å². The zero-order chi connectivity index (χ0) is 30.1. The van der Waals surface area contributed by atoms with Crippen molar-refractivity contribution >= 4 is 9.84 Å². The molecule has 0 bridgehead atoms. The molecular formula is C34H25F3O5S. The van der Waals surface area contributed by atoms with Crippen molar-refractivity contribution in [1.29, 1.82) is 0 Å². The van der Waals surface area contributed by atoms with Gasteiger partial charge in [-0.15, -0.1) is 0 Å². The molecule has 0 saturated carbocycles. The Bertz CT molecular complexity index is 1730. The molecular weight excluding hydrogens is 577 g/mol. The number of sulfone groups is 1. The van der Waals surface area contributed by atoms with Crippen LogP contribution in [0.5, 0.6) is 17.2 Å². The van der Waals surface area contributed by atoms with Gasteiger partial charge in [0.05, 0.1) is 6.61 Å². The number of hydrogen-bond donors (Lipinski definition) is 0. The minimum absolute atomic E-state index is 0.0168. The molecule has 1 unspecified atom stereocenters. The van der Waals surface area contributed by atoms with Crippen LogP contribution in [0.2, 0.25) is 0 Å². The molecule has 0 amide bonds. The Morgan fingerprint density at radius 3 is 1.65 bits per heavy atom. The van der Waals surface area contributed by atoms with Gasteiger partial charge in [-0.3, -0.25) is 0 Å². The molecule has 0 N–H and O–H groups in total. The fourth-order valence-electron chi connectivity index (χ4n) is 5.19. The highest BCUT2D eigenvalue weighted by Gasteiger charge is 2.46. The highest BCUT2D eigenvalue weighted by atomic mass is 32.2. The van der Waals surface area contributed by atoms with Gasteiger partial charge in [0.1, 0.15) is 32.6 Å². The summed E-state index contributed by atoms with van der Waals surface area (Å²) in [6, 6.07) is 36.7. The van der Waals surface area contributed by atoms with Crippen molar-refractivity contribution in [1.82, 2.24) is 0 Å². The zero-order valence-electron chi connectivity index (χ0n) is 22.6. The molecule has 1 atom stereocenters. The monoisotopic (exact) mass is 602 g/mol. The Balaban J connectivity index is 1.37. The number of fused-ring (bicyclic) bond motifs is 2. The van der Waals surface area contributed by atoms with Crippen LogP contribution in [-0.2, 0) is 20.2 Å². The third kappa shape index (κ3) is 5.37. The van der Waals surface area contributed by atoms with Gasteiger partial charge in [0.2, 0.25) is 15.9 Å². The van der Waals surface area contributed by atoms with Crippen molar-refractivity contribution in [2.45, 2.75) is 27.7 Å². The van der Waals surface area contributed by atoms with Crippen molar-refractivity contribution < 1.29 is 35.8 Å². The largest absolute Gasteiger partial charge is 0.478 e. The highest BCUT2D eigenvalue weighted by Crippen LogP contribution is 2.45. The van der Waals surface area contributed by atoms with Gasteiger partial charge in [0.15, 0.2) is 0 Å². The Hall–Kier alpha value is -4.60. The van der Waals surface area contributed by atoms with E-state index in [-0.39, 0.29) is 27.0 Å². The molecule has 43 heavy (non-hydrogen) atoms. The van der Waals surface area contributed by atoms with Crippen molar-refractivity contribution in [3.8, 4) is 17.2 Å². The fourth-order valence-corrected chi connectivity index (χ4v) is 6.67. The highest BCUT2D eigenvalue weighted by molar-refractivity contribution is 7.91. The first-order chi connectivity index (χ1) is 20.7. The number of rotatable bonds is 8. The lowest BCUT2D eigenvalue weighted by Gasteiger charge is -2.37. The lowest BCUT2D eigenvalue weighted by molar-refractivity contribution is -0.215. The third-order valence-corrected chi connectivity index (χ3v) is 9.03. The molecule has 9 heteroatoms. The summed E-state index contributed by atoms with van der Waals surface area (Å²) in [7, 11) is -3.92. The van der Waals surface area contributed by atoms with Crippen LogP contribution in [-0.4, -0.2) is 27.3 Å². The van der Waals surface area contributed by atoms with Crippen LogP contribution in [0.4, 0.5) is 13.2 Å². The molecule has 6 rings (SSSR count). The van der Waals surface area contributed by atoms with Gasteiger partial charge in [0.25, 0.3) is 0 Å². The van der Waals surface area contributed by atoms with Crippen molar-refractivity contribution in [2.24, 2.45) is 0 Å². The first-order valence-electron chi connectivity index (χ1n) is 13.4. The minimum Gasteiger partial charge on any atom is -0.478 e. The van der Waals surface area contributed by atoms with Crippen LogP contribution in [0, 0.1) is 0 Å². The Morgan fingerprint density at radius 1 is 0.628 bits per heavy atom. The predicted molar refractivity (Wildman–Crippen MR) is 154 cm³/mol. The minimum atomic E-state index is -4.83. The normalized spacial score (nSPS) is 14.6. The maximum Gasteiger partial charge on any atom is 0.427 e. The molecule has 0 fully saturated rings. The van der Waals surface area contributed by atoms with Crippen LogP contribution in [0.1, 0.15) is 16.7 Å². The van der Waals surface area contributed by atoms with Gasteiger partial charge in [-0.1, -0.05) is 103 Å². The van der Waals surface area contributed by atoms with Gasteiger partial charge in [-0.25, -0.2) is 8.42 Å². The number of hydrogen-bond acceptors (Lipinski definition) is 5. The first-order valence-corrected chi connectivity index (χ1v) is 14.9. The second kappa shape index (κ2) is 11.2. The van der Waals surface area contributed by atoms with E-state index in [9.17, 15) is 21.6 Å². The summed E-state index contributed by atoms with van der Waals surface area (Å²) < 4.78 is 87.3. The molecule has 218 valence electrons. The average molecular weight is 603 g/mol. The summed E-state index contributed by atoms with van der Waals surface area (Å²) in [6.07, 6.45) is -7.22. The molecule has 0 spiro atoms. The summed E-state index contributed by atoms with van der Waals surface area (Å²) >= 11 is 0. The van der Waals surface area contributed by atoms with Crippen molar-refractivity contribution in [3.63, 3.8) is 0 Å². The number of halogens is 3. The molecule has 0 radical (unpaired) electrons. The van der Waals surface area contributed by atoms with Crippen LogP contribution >= 0.6 is 0 Å². The molecule has 5 aromatic carbocycles. The van der Waals surface area contributed by atoms with Gasteiger partial charge >= 0.3 is 6.18 Å². The summed E-state index contributed by atoms with van der Waals surface area (Å²) in [5.41, 5.74) is 0.519. The molecule has 1 aliphatic heterocycles. The molecule has 0 aromatic heterocycles. The van der Waals surface area contributed by atoms with Gasteiger partial charge in [0, 0.05) is 6.07 Å². The van der Waals surface area contributed by atoms with E-state index in [1.807, 2.05) is 54.6 Å². The zero-order valence-corrected chi connectivity index (χ0v) is 23.4. The molecule has 0 saturated heterocycles. The molecule has 1 heterocycles. The second-order valence-corrected chi connectivity index (χ2v) is 11.8. The van der Waals surface area contributed by atoms with Gasteiger partial charge < -0.3 is 14.2 Å². The first kappa shape index (κ1) is 28.5. The lowest BCUT2D eigenvalue weighted by Crippen LogP contribution is -2.43. The number of para-hydroxylation sites is 1. The SMILES string of the molecule is O=S1(=O)c2ccccc2Oc2cc(OC(COC(c3ccccc3)(c3ccccc3)c3ccccc3)C(F)(F)F)ccc21. The van der Waals surface area contributed by atoms with Crippen LogP contribution in [0.3, 0.4) is 0 Å². The van der Waals surface area contributed by atoms with Crippen LogP contribution < -0.4 is 9.47 Å². The average Bonchev–Trinajstić information content (AvgIpc) is 3.02. The van der Waals surface area contributed by atoms with E-state index < -0.39 is 34.3 Å². The number of ether oxygens (including phenoxy) is 3. The molecule has 5 nitrogen and oxygen atoms in total. The quantitative estimate of drug-likeness (QED) is 0.166. The van der Waals surface area contributed by atoms with Crippen LogP contribution in [0.15, 0.2) is 143 Å². The predicted octanol–water partition coefficient (Wildman–Crippen LogP) is 7.94. The van der Waals surface area contributed by atoms with E-state index in [1.165, 1.54) is 24.3 Å². The number of alkyl halides is 3. The van der Waals surface area contributed by atoms with Gasteiger partial charge in [-0.05, 0) is 41.0 Å². The molecule has 0 aliphatic carbocycles. The summed E-state index contributed by atoms with van der Waals surface area (Å²) in [4.78, 5) is -0.175. The van der Waals surface area contributed by atoms with E-state index in [0.717, 1.165) is 6.07 Å². The third-order valence-electron chi connectivity index (χ3n) is 7.20. The summed E-state index contributed by atoms with van der Waals surface area (Å²) in [6.45, 7) is -0.874. The van der Waals surface area contributed by atoms with Crippen molar-refractivity contribution in [3.05, 3.63) is 150 Å². The van der Waals surface area contributed by atoms with E-state index in [4.69, 9.17) is 14.2 Å². The van der Waals surface area contributed by atoms with E-state index in [2.05, 4.69) is 0 Å². The molecule has 5 aromatic rings. The Kier molecular flexibility index (Phi) is 7.45. The summed E-state index contributed by atoms with van der Waals surface area (Å²) in [5.74, 6) is -0.254. The topological polar surface area (TPSA) is 61.8 Å². The summed E-state index contributed by atoms with van der Waals surface area (Å²) in [5, 5.41) is 0. The molecule has 1 aliphatic rings. The Morgan fingerprint density at radius 2 is 1.12 bits per heavy atom.